The number of methoxy groups -OCH3 is 1. The van der Waals surface area contributed by atoms with Gasteiger partial charge >= 0.3 is 6.09 Å². The molecule has 52 heavy (non-hydrogen) atoms. The van der Waals surface area contributed by atoms with Gasteiger partial charge in [-0.1, -0.05) is 31.2 Å². The van der Waals surface area contributed by atoms with Crippen LogP contribution in [0.25, 0.3) is 0 Å². The average Bonchev–Trinajstić information content (AvgIpc) is 3.12. The van der Waals surface area contributed by atoms with E-state index < -0.39 is 11.9 Å². The number of aromatic nitrogens is 2. The molecule has 1 aliphatic heterocycles. The second-order valence-electron chi connectivity index (χ2n) is 13.4. The molecule has 1 saturated heterocycles. The molecule has 276 valence electrons. The fourth-order valence-corrected chi connectivity index (χ4v) is 6.15. The highest BCUT2D eigenvalue weighted by Gasteiger charge is 2.27. The van der Waals surface area contributed by atoms with E-state index in [9.17, 15) is 9.59 Å². The van der Waals surface area contributed by atoms with E-state index in [1.54, 1.807) is 30.3 Å². The Hall–Kier alpha value is -5.23. The Bertz CT molecular complexity index is 1840. The summed E-state index contributed by atoms with van der Waals surface area (Å²) in [5, 5.41) is 6.03. The number of likely N-dealkylation sites (tertiary alicyclic amines) is 1. The quantitative estimate of drug-likeness (QED) is 0.135. The zero-order valence-corrected chi connectivity index (χ0v) is 30.9. The number of para-hydroxylation sites is 1. The Morgan fingerprint density at radius 1 is 1.08 bits per heavy atom. The van der Waals surface area contributed by atoms with Gasteiger partial charge in [0, 0.05) is 48.9 Å². The van der Waals surface area contributed by atoms with Crippen LogP contribution in [0.15, 0.2) is 66.9 Å². The van der Waals surface area contributed by atoms with Crippen molar-refractivity contribution in [3.8, 4) is 17.2 Å². The number of carbonyl (C=O) groups is 2. The molecule has 2 unspecified atom stereocenters. The summed E-state index contributed by atoms with van der Waals surface area (Å²) < 4.78 is 32.8. The van der Waals surface area contributed by atoms with Crippen LogP contribution in [0, 0.1) is 25.6 Å². The van der Waals surface area contributed by atoms with Gasteiger partial charge in [-0.05, 0) is 101 Å². The predicted molar refractivity (Wildman–Crippen MR) is 201 cm³/mol. The summed E-state index contributed by atoms with van der Waals surface area (Å²) in [6.07, 6.45) is 4.56. The molecular weight excluding hydrogens is 663 g/mol. The zero-order chi connectivity index (χ0) is 37.2. The molecule has 4 aromatic rings. The molecule has 2 heterocycles. The standard InChI is InChI=1S/C40H49FN6O5/c1-7-28(4)43-37(48)18-14-29-13-16-33(35(22-29)50-6)47(40(49)52-38-26(2)10-8-11-27(38)3)36-19-20-42-39(45-36)44-31-15-17-34(32(41)23-31)51-25-30-12-9-21-46(5)24-30/h8,10-11,13,15-17,19-20,22-23,28,30H,7,9,12,14,18,21,24-25H2,1-6H3,(H,43,48)(H,42,44,45). The number of carbonyl (C=O) groups excluding carboxylic acids is 2. The minimum Gasteiger partial charge on any atom is -0.495 e. The fourth-order valence-electron chi connectivity index (χ4n) is 6.15. The van der Waals surface area contributed by atoms with E-state index in [2.05, 4.69) is 32.5 Å². The van der Waals surface area contributed by atoms with Gasteiger partial charge < -0.3 is 29.7 Å². The summed E-state index contributed by atoms with van der Waals surface area (Å²) in [6, 6.07) is 17.3. The van der Waals surface area contributed by atoms with Gasteiger partial charge in [0.1, 0.15) is 17.3 Å². The summed E-state index contributed by atoms with van der Waals surface area (Å²) in [7, 11) is 3.60. The summed E-state index contributed by atoms with van der Waals surface area (Å²) >= 11 is 0. The lowest BCUT2D eigenvalue weighted by atomic mass is 10.00. The molecule has 0 aliphatic carbocycles. The molecule has 2 amide bonds. The lowest BCUT2D eigenvalue weighted by molar-refractivity contribution is -0.121. The van der Waals surface area contributed by atoms with Gasteiger partial charge in [-0.15, -0.1) is 0 Å². The van der Waals surface area contributed by atoms with E-state index in [0.717, 1.165) is 49.0 Å². The SMILES string of the molecule is CCC(C)NC(=O)CCc1ccc(N(C(=O)Oc2c(C)cccc2C)c2ccnc(Nc3ccc(OCC4CCCN(C)C4)c(F)c3)n2)c(OC)c1. The monoisotopic (exact) mass is 712 g/mol. The average molecular weight is 713 g/mol. The molecule has 0 saturated carbocycles. The van der Waals surface area contributed by atoms with Gasteiger partial charge in [0.05, 0.1) is 19.4 Å². The minimum atomic E-state index is -0.724. The van der Waals surface area contributed by atoms with Crippen molar-refractivity contribution in [1.29, 1.82) is 0 Å². The van der Waals surface area contributed by atoms with E-state index in [1.807, 2.05) is 52.0 Å². The van der Waals surface area contributed by atoms with Crippen LogP contribution in [0.1, 0.15) is 56.2 Å². The van der Waals surface area contributed by atoms with Gasteiger partial charge in [0.25, 0.3) is 0 Å². The Kier molecular flexibility index (Phi) is 13.0. The largest absolute Gasteiger partial charge is 0.495 e. The van der Waals surface area contributed by atoms with Crippen LogP contribution < -0.4 is 29.7 Å². The first-order valence-electron chi connectivity index (χ1n) is 17.8. The fraction of sp³-hybridized carbons (Fsp3) is 0.400. The predicted octanol–water partition coefficient (Wildman–Crippen LogP) is 7.89. The van der Waals surface area contributed by atoms with Crippen molar-refractivity contribution in [3.05, 3.63) is 89.4 Å². The number of anilines is 4. The topological polar surface area (TPSA) is 118 Å². The third kappa shape index (κ3) is 9.97. The molecule has 0 bridgehead atoms. The van der Waals surface area contributed by atoms with Crippen LogP contribution in [0.5, 0.6) is 17.2 Å². The van der Waals surface area contributed by atoms with Crippen molar-refractivity contribution in [2.75, 3.05) is 44.1 Å². The van der Waals surface area contributed by atoms with Crippen molar-refractivity contribution < 1.29 is 28.2 Å². The van der Waals surface area contributed by atoms with Gasteiger partial charge in [-0.3, -0.25) is 4.79 Å². The number of nitrogens with one attached hydrogen (secondary N) is 2. The van der Waals surface area contributed by atoms with E-state index in [0.29, 0.717) is 48.2 Å². The molecule has 5 rings (SSSR count). The molecular formula is C40H49FN6O5. The summed E-state index contributed by atoms with van der Waals surface area (Å²) in [6.45, 7) is 10.2. The van der Waals surface area contributed by atoms with Gasteiger partial charge in [0.15, 0.2) is 11.6 Å². The van der Waals surface area contributed by atoms with E-state index in [1.165, 1.54) is 24.3 Å². The summed E-state index contributed by atoms with van der Waals surface area (Å²) in [5.74, 6) is 1.12. The maximum absolute atomic E-state index is 15.2. The maximum Gasteiger partial charge on any atom is 0.425 e. The Balaban J connectivity index is 1.40. The van der Waals surface area contributed by atoms with Gasteiger partial charge in [-0.25, -0.2) is 19.1 Å². The first-order valence-corrected chi connectivity index (χ1v) is 17.8. The lowest BCUT2D eigenvalue weighted by Gasteiger charge is -2.29. The van der Waals surface area contributed by atoms with Crippen LogP contribution in [-0.4, -0.2) is 66.8 Å². The second-order valence-corrected chi connectivity index (χ2v) is 13.4. The van der Waals surface area contributed by atoms with Gasteiger partial charge in [0.2, 0.25) is 11.9 Å². The summed E-state index contributed by atoms with van der Waals surface area (Å²) in [4.78, 5) is 39.1. The molecule has 3 aromatic carbocycles. The molecule has 11 nitrogen and oxygen atoms in total. The van der Waals surface area contributed by atoms with Crippen molar-refractivity contribution in [1.82, 2.24) is 20.2 Å². The number of amides is 2. The maximum atomic E-state index is 15.2. The number of ether oxygens (including phenoxy) is 3. The summed E-state index contributed by atoms with van der Waals surface area (Å²) in [5.41, 5.74) is 3.21. The first-order chi connectivity index (χ1) is 25.0. The molecule has 1 aromatic heterocycles. The van der Waals surface area contributed by atoms with E-state index in [4.69, 9.17) is 14.2 Å². The van der Waals surface area contributed by atoms with E-state index in [-0.39, 0.29) is 29.5 Å². The Morgan fingerprint density at radius 3 is 2.58 bits per heavy atom. The zero-order valence-electron chi connectivity index (χ0n) is 30.9. The molecule has 12 heteroatoms. The first kappa shape index (κ1) is 38.0. The van der Waals surface area contributed by atoms with Gasteiger partial charge in [-0.2, -0.15) is 4.98 Å². The third-order valence-corrected chi connectivity index (χ3v) is 9.18. The van der Waals surface area contributed by atoms with Crippen molar-refractivity contribution in [2.45, 2.75) is 65.8 Å². The van der Waals surface area contributed by atoms with Crippen molar-refractivity contribution >= 4 is 35.1 Å². The minimum absolute atomic E-state index is 0.0354. The van der Waals surface area contributed by atoms with Crippen molar-refractivity contribution in [3.63, 3.8) is 0 Å². The molecule has 0 spiro atoms. The second kappa shape index (κ2) is 17.8. The highest BCUT2D eigenvalue weighted by molar-refractivity contribution is 5.98. The lowest BCUT2D eigenvalue weighted by Crippen LogP contribution is -2.34. The van der Waals surface area contributed by atoms with Crippen LogP contribution >= 0.6 is 0 Å². The number of nitrogens with zero attached hydrogens (tertiary/aromatic N) is 4. The highest BCUT2D eigenvalue weighted by Crippen LogP contribution is 2.36. The molecule has 0 radical (unpaired) electrons. The van der Waals surface area contributed by atoms with Crippen LogP contribution in [0.3, 0.4) is 0 Å². The number of piperidine rings is 1. The number of halogens is 1. The van der Waals surface area contributed by atoms with Crippen LogP contribution in [-0.2, 0) is 11.2 Å². The smallest absolute Gasteiger partial charge is 0.425 e. The number of aryl methyl sites for hydroxylation is 3. The highest BCUT2D eigenvalue weighted by atomic mass is 19.1. The molecule has 2 N–H and O–H groups in total. The normalized spacial score (nSPS) is 15.0. The van der Waals surface area contributed by atoms with Crippen LogP contribution in [0.4, 0.5) is 32.3 Å². The van der Waals surface area contributed by atoms with E-state index >= 15 is 4.39 Å². The third-order valence-electron chi connectivity index (χ3n) is 9.18. The van der Waals surface area contributed by atoms with Crippen LogP contribution in [0.2, 0.25) is 0 Å². The van der Waals surface area contributed by atoms with Crippen molar-refractivity contribution in [2.24, 2.45) is 5.92 Å². The number of hydrogen-bond donors (Lipinski definition) is 2. The number of benzene rings is 3. The molecule has 1 aliphatic rings. The molecule has 2 atom stereocenters. The Labute approximate surface area is 305 Å². The number of hydrogen-bond acceptors (Lipinski definition) is 9. The number of rotatable bonds is 14. The Morgan fingerprint density at radius 2 is 1.87 bits per heavy atom. The molecule has 1 fully saturated rings.